The Morgan fingerprint density at radius 1 is 1.50 bits per heavy atom. The van der Waals surface area contributed by atoms with E-state index in [1.165, 1.54) is 11.8 Å². The zero-order valence-electron chi connectivity index (χ0n) is 10.1. The fraction of sp³-hybridized carbons (Fsp3) is 0.364. The number of aromatic nitrogens is 3. The van der Waals surface area contributed by atoms with E-state index < -0.39 is 0 Å². The average Bonchev–Trinajstić information content (AvgIpc) is 2.89. The molecule has 18 heavy (non-hydrogen) atoms. The largest absolute Gasteiger partial charge is 0.361 e. The topological polar surface area (TPSA) is 50.7 Å². The van der Waals surface area contributed by atoms with Crippen LogP contribution in [-0.4, -0.2) is 21.2 Å². The van der Waals surface area contributed by atoms with E-state index in [9.17, 15) is 0 Å². The number of hydrogen-bond acceptors (Lipinski definition) is 6. The number of anilines is 1. The smallest absolute Gasteiger partial charge is 0.190 e. The minimum atomic E-state index is 0.158. The lowest BCUT2D eigenvalue weighted by Gasteiger charge is -2.15. The van der Waals surface area contributed by atoms with Gasteiger partial charge in [0.25, 0.3) is 0 Å². The van der Waals surface area contributed by atoms with Crippen LogP contribution < -0.4 is 5.32 Å². The summed E-state index contributed by atoms with van der Waals surface area (Å²) in [7, 11) is 0. The second-order valence-corrected chi connectivity index (χ2v) is 5.62. The molecule has 0 aliphatic carbocycles. The number of thiazole rings is 1. The fourth-order valence-electron chi connectivity index (χ4n) is 1.49. The standard InChI is InChI=1S/C11H13ClN4S2/c1-3-7(10-13-4-5-18-10)14-9-6-8(12)15-11(16-9)17-2/h4-7H,3H2,1-2H3,(H,14,15,16). The molecule has 0 saturated carbocycles. The van der Waals surface area contributed by atoms with Crippen molar-refractivity contribution in [2.24, 2.45) is 0 Å². The van der Waals surface area contributed by atoms with E-state index in [-0.39, 0.29) is 6.04 Å². The summed E-state index contributed by atoms with van der Waals surface area (Å²) in [5.41, 5.74) is 0. The summed E-state index contributed by atoms with van der Waals surface area (Å²) >= 11 is 9.07. The van der Waals surface area contributed by atoms with Gasteiger partial charge in [-0.25, -0.2) is 15.0 Å². The van der Waals surface area contributed by atoms with Crippen LogP contribution in [0.15, 0.2) is 22.8 Å². The Morgan fingerprint density at radius 2 is 2.33 bits per heavy atom. The van der Waals surface area contributed by atoms with E-state index >= 15 is 0 Å². The minimum Gasteiger partial charge on any atom is -0.361 e. The molecule has 0 bridgehead atoms. The molecule has 2 heterocycles. The van der Waals surface area contributed by atoms with Crippen LogP contribution in [0.3, 0.4) is 0 Å². The molecule has 2 aromatic rings. The van der Waals surface area contributed by atoms with Crippen LogP contribution in [0.25, 0.3) is 0 Å². The van der Waals surface area contributed by atoms with Gasteiger partial charge in [0.2, 0.25) is 0 Å². The van der Waals surface area contributed by atoms with Crippen molar-refractivity contribution < 1.29 is 0 Å². The van der Waals surface area contributed by atoms with E-state index in [0.29, 0.717) is 10.3 Å². The molecule has 0 spiro atoms. The first-order chi connectivity index (χ1) is 8.72. The van der Waals surface area contributed by atoms with Gasteiger partial charge in [0.05, 0.1) is 6.04 Å². The Bertz CT molecular complexity index is 504. The molecular formula is C11H13ClN4S2. The lowest BCUT2D eigenvalue weighted by atomic mass is 10.2. The van der Waals surface area contributed by atoms with Crippen molar-refractivity contribution in [2.45, 2.75) is 24.5 Å². The molecule has 96 valence electrons. The molecule has 0 aliphatic rings. The zero-order chi connectivity index (χ0) is 13.0. The molecule has 0 aromatic carbocycles. The maximum atomic E-state index is 5.96. The average molecular weight is 301 g/mol. The third-order valence-corrected chi connectivity index (χ3v) is 3.97. The second-order valence-electron chi connectivity index (χ2n) is 3.54. The Labute approximate surface area is 119 Å². The van der Waals surface area contributed by atoms with Gasteiger partial charge in [-0.1, -0.05) is 30.3 Å². The van der Waals surface area contributed by atoms with Gasteiger partial charge < -0.3 is 5.32 Å². The highest BCUT2D eigenvalue weighted by molar-refractivity contribution is 7.98. The van der Waals surface area contributed by atoms with Crippen molar-refractivity contribution in [3.8, 4) is 0 Å². The van der Waals surface area contributed by atoms with Crippen LogP contribution in [-0.2, 0) is 0 Å². The number of nitrogens with zero attached hydrogens (tertiary/aromatic N) is 3. The molecule has 2 rings (SSSR count). The van der Waals surface area contributed by atoms with Gasteiger partial charge in [-0.15, -0.1) is 11.3 Å². The van der Waals surface area contributed by atoms with Crippen LogP contribution in [0.5, 0.6) is 0 Å². The molecule has 0 saturated heterocycles. The fourth-order valence-corrected chi connectivity index (χ4v) is 2.87. The Balaban J connectivity index is 2.19. The Kier molecular flexibility index (Phi) is 4.79. The molecule has 0 amide bonds. The molecule has 1 unspecified atom stereocenters. The highest BCUT2D eigenvalue weighted by Crippen LogP contribution is 2.25. The predicted molar refractivity (Wildman–Crippen MR) is 77.6 cm³/mol. The molecule has 1 N–H and O–H groups in total. The predicted octanol–water partition coefficient (Wildman–Crippen LogP) is 3.87. The van der Waals surface area contributed by atoms with E-state index in [0.717, 1.165) is 17.2 Å². The molecule has 1 atom stereocenters. The number of hydrogen-bond donors (Lipinski definition) is 1. The maximum Gasteiger partial charge on any atom is 0.190 e. The number of nitrogens with one attached hydrogen (secondary N) is 1. The quantitative estimate of drug-likeness (QED) is 0.516. The van der Waals surface area contributed by atoms with E-state index in [2.05, 4.69) is 27.2 Å². The monoisotopic (exact) mass is 300 g/mol. The van der Waals surface area contributed by atoms with Crippen molar-refractivity contribution >= 4 is 40.5 Å². The van der Waals surface area contributed by atoms with E-state index in [1.54, 1.807) is 17.4 Å². The lowest BCUT2D eigenvalue weighted by Crippen LogP contribution is -2.11. The van der Waals surface area contributed by atoms with Crippen molar-refractivity contribution in [1.82, 2.24) is 15.0 Å². The van der Waals surface area contributed by atoms with Gasteiger partial charge in [-0.05, 0) is 12.7 Å². The molecule has 2 aromatic heterocycles. The molecule has 0 radical (unpaired) electrons. The number of rotatable bonds is 5. The van der Waals surface area contributed by atoms with Gasteiger partial charge in [0.1, 0.15) is 16.0 Å². The van der Waals surface area contributed by atoms with Crippen LogP contribution in [0.4, 0.5) is 5.82 Å². The number of halogens is 1. The van der Waals surface area contributed by atoms with Crippen molar-refractivity contribution in [1.29, 1.82) is 0 Å². The summed E-state index contributed by atoms with van der Waals surface area (Å²) in [5, 5.41) is 7.49. The highest BCUT2D eigenvalue weighted by atomic mass is 35.5. The summed E-state index contributed by atoms with van der Waals surface area (Å²) in [6.07, 6.45) is 4.67. The van der Waals surface area contributed by atoms with Crippen molar-refractivity contribution in [2.75, 3.05) is 11.6 Å². The summed E-state index contributed by atoms with van der Waals surface area (Å²) < 4.78 is 0. The van der Waals surface area contributed by atoms with Crippen LogP contribution in [0.1, 0.15) is 24.4 Å². The maximum absolute atomic E-state index is 5.96. The molecule has 0 fully saturated rings. The second kappa shape index (κ2) is 6.36. The van der Waals surface area contributed by atoms with Gasteiger partial charge in [-0.3, -0.25) is 0 Å². The van der Waals surface area contributed by atoms with Crippen molar-refractivity contribution in [3.63, 3.8) is 0 Å². The zero-order valence-corrected chi connectivity index (χ0v) is 12.4. The first kappa shape index (κ1) is 13.6. The Hall–Kier alpha value is -0.850. The van der Waals surface area contributed by atoms with E-state index in [1.807, 2.05) is 17.8 Å². The SMILES string of the molecule is CCC(Nc1cc(Cl)nc(SC)n1)c1nccs1. The Morgan fingerprint density at radius 3 is 2.94 bits per heavy atom. The van der Waals surface area contributed by atoms with Gasteiger partial charge in [0.15, 0.2) is 5.16 Å². The molecule has 0 aliphatic heterocycles. The minimum absolute atomic E-state index is 0.158. The third-order valence-electron chi connectivity index (χ3n) is 2.34. The summed E-state index contributed by atoms with van der Waals surface area (Å²) in [6, 6.07) is 1.89. The molecule has 7 heteroatoms. The molecule has 4 nitrogen and oxygen atoms in total. The van der Waals surface area contributed by atoms with Crippen LogP contribution in [0.2, 0.25) is 5.15 Å². The normalized spacial score (nSPS) is 12.4. The summed E-state index contributed by atoms with van der Waals surface area (Å²) in [5.74, 6) is 0.737. The van der Waals surface area contributed by atoms with E-state index in [4.69, 9.17) is 11.6 Å². The molecular weight excluding hydrogens is 288 g/mol. The van der Waals surface area contributed by atoms with Crippen molar-refractivity contribution in [3.05, 3.63) is 27.8 Å². The summed E-state index contributed by atoms with van der Waals surface area (Å²) in [6.45, 7) is 2.11. The van der Waals surface area contributed by atoms with Gasteiger partial charge in [-0.2, -0.15) is 0 Å². The van der Waals surface area contributed by atoms with Crippen LogP contribution >= 0.6 is 34.7 Å². The number of thioether (sulfide) groups is 1. The van der Waals surface area contributed by atoms with Crippen LogP contribution in [0, 0.1) is 0 Å². The summed E-state index contributed by atoms with van der Waals surface area (Å²) in [4.78, 5) is 12.8. The lowest BCUT2D eigenvalue weighted by molar-refractivity contribution is 0.733. The van der Waals surface area contributed by atoms with Gasteiger partial charge >= 0.3 is 0 Å². The van der Waals surface area contributed by atoms with Gasteiger partial charge in [0, 0.05) is 17.6 Å². The highest BCUT2D eigenvalue weighted by Gasteiger charge is 2.13. The first-order valence-corrected chi connectivity index (χ1v) is 7.95. The first-order valence-electron chi connectivity index (χ1n) is 5.47. The third kappa shape index (κ3) is 3.34.